The molecule has 0 radical (unpaired) electrons. The van der Waals surface area contributed by atoms with E-state index in [1.165, 1.54) is 18.4 Å². The number of rotatable bonds is 14. The second kappa shape index (κ2) is 13.7. The van der Waals surface area contributed by atoms with E-state index in [2.05, 4.69) is 15.3 Å². The molecular weight excluding hydrogens is 509 g/mol. The van der Waals surface area contributed by atoms with Crippen LogP contribution in [0.15, 0.2) is 65.4 Å². The summed E-state index contributed by atoms with van der Waals surface area (Å²) < 4.78 is 51.5. The van der Waals surface area contributed by atoms with Gasteiger partial charge in [0.2, 0.25) is 5.89 Å². The molecule has 0 saturated carbocycles. The number of oxazole rings is 1. The van der Waals surface area contributed by atoms with Gasteiger partial charge >= 0.3 is 6.18 Å². The molecule has 0 atom stereocenters. The molecule has 1 N–H and O–H groups in total. The molecule has 0 aliphatic carbocycles. The maximum Gasteiger partial charge on any atom is 0.416 e. The molecule has 0 saturated heterocycles. The Kier molecular flexibility index (Phi) is 9.91. The second-order valence-electron chi connectivity index (χ2n) is 9.14. The van der Waals surface area contributed by atoms with Gasteiger partial charge in [-0.25, -0.2) is 4.98 Å². The molecule has 2 aromatic carbocycles. The lowest BCUT2D eigenvalue weighted by molar-refractivity contribution is -0.137. The van der Waals surface area contributed by atoms with Crippen LogP contribution in [-0.4, -0.2) is 31.7 Å². The van der Waals surface area contributed by atoms with Gasteiger partial charge in [0.1, 0.15) is 24.3 Å². The van der Waals surface area contributed by atoms with Gasteiger partial charge in [0.15, 0.2) is 0 Å². The van der Waals surface area contributed by atoms with Crippen LogP contribution in [0.1, 0.15) is 59.7 Å². The van der Waals surface area contributed by atoms with Crippen molar-refractivity contribution in [1.82, 2.24) is 20.0 Å². The summed E-state index contributed by atoms with van der Waals surface area (Å²) in [5.74, 6) is 1.13. The number of alkyl halides is 3. The first kappa shape index (κ1) is 28.1. The summed E-state index contributed by atoms with van der Waals surface area (Å²) in [6.07, 6.45) is 7.63. The quantitative estimate of drug-likeness (QED) is 0.187. The normalized spacial score (nSPS) is 11.9. The van der Waals surface area contributed by atoms with Crippen molar-refractivity contribution in [2.75, 3.05) is 6.61 Å². The predicted octanol–water partition coefficient (Wildman–Crippen LogP) is 6.37. The molecule has 206 valence electrons. The standard InChI is InChI=1S/C29H31F3N4O3/c30-29(31,32)24-14-11-22(12-15-24)13-16-28-33-26(21-39-28)20-38-27-10-2-1-7-23(27)8-3-5-17-36-19-25(34-35-36)9-4-6-18-37/h1-2,7,10-16,19,21,37H,3-6,8-9,17-18,20H2. The molecule has 0 bridgehead atoms. The number of hydrogen-bond donors (Lipinski definition) is 1. The van der Waals surface area contributed by atoms with Crippen LogP contribution in [0.2, 0.25) is 0 Å². The molecule has 0 aliphatic heterocycles. The molecule has 0 amide bonds. The SMILES string of the molecule is OCCCCc1cn(CCCCc2ccccc2OCc2coc(C=Cc3ccc(C(F)(F)F)cc3)n2)nn1. The highest BCUT2D eigenvalue weighted by atomic mass is 19.4. The highest BCUT2D eigenvalue weighted by Crippen LogP contribution is 2.29. The summed E-state index contributed by atoms with van der Waals surface area (Å²) >= 11 is 0. The number of unbranched alkanes of at least 4 members (excludes halogenated alkanes) is 2. The average molecular weight is 541 g/mol. The Morgan fingerprint density at radius 2 is 1.72 bits per heavy atom. The van der Waals surface area contributed by atoms with Crippen molar-refractivity contribution in [3.63, 3.8) is 0 Å². The highest BCUT2D eigenvalue weighted by Gasteiger charge is 2.29. The molecule has 4 aromatic rings. The fourth-order valence-corrected chi connectivity index (χ4v) is 3.99. The largest absolute Gasteiger partial charge is 0.487 e. The lowest BCUT2D eigenvalue weighted by Gasteiger charge is -2.10. The van der Waals surface area contributed by atoms with Gasteiger partial charge in [-0.2, -0.15) is 13.2 Å². The summed E-state index contributed by atoms with van der Waals surface area (Å²) in [4.78, 5) is 4.37. The molecule has 39 heavy (non-hydrogen) atoms. The Balaban J connectivity index is 1.23. The van der Waals surface area contributed by atoms with E-state index in [9.17, 15) is 13.2 Å². The first-order chi connectivity index (χ1) is 18.9. The topological polar surface area (TPSA) is 86.2 Å². The van der Waals surface area contributed by atoms with Gasteiger partial charge < -0.3 is 14.3 Å². The number of nitrogens with zero attached hydrogens (tertiary/aromatic N) is 4. The van der Waals surface area contributed by atoms with Crippen LogP contribution in [-0.2, 0) is 32.2 Å². The smallest absolute Gasteiger partial charge is 0.416 e. The highest BCUT2D eigenvalue weighted by molar-refractivity contribution is 5.66. The fourth-order valence-electron chi connectivity index (χ4n) is 3.99. The second-order valence-corrected chi connectivity index (χ2v) is 9.14. The molecule has 4 rings (SSSR count). The van der Waals surface area contributed by atoms with Crippen molar-refractivity contribution in [2.24, 2.45) is 0 Å². The van der Waals surface area contributed by atoms with Crippen LogP contribution in [0, 0.1) is 0 Å². The molecule has 0 unspecified atom stereocenters. The third-order valence-electron chi connectivity index (χ3n) is 6.08. The number of aliphatic hydroxyl groups is 1. The van der Waals surface area contributed by atoms with Crippen molar-refractivity contribution < 1.29 is 27.4 Å². The number of para-hydroxylation sites is 1. The number of aromatic nitrogens is 4. The minimum Gasteiger partial charge on any atom is -0.487 e. The minimum absolute atomic E-state index is 0.199. The Morgan fingerprint density at radius 1 is 0.923 bits per heavy atom. The number of aryl methyl sites for hydroxylation is 3. The van der Waals surface area contributed by atoms with E-state index in [4.69, 9.17) is 14.3 Å². The van der Waals surface area contributed by atoms with Crippen molar-refractivity contribution in [2.45, 2.75) is 57.9 Å². The van der Waals surface area contributed by atoms with E-state index in [0.29, 0.717) is 17.1 Å². The maximum absolute atomic E-state index is 12.7. The number of halogens is 3. The molecule has 2 aromatic heterocycles. The predicted molar refractivity (Wildman–Crippen MR) is 141 cm³/mol. The zero-order valence-corrected chi connectivity index (χ0v) is 21.5. The lowest BCUT2D eigenvalue weighted by Crippen LogP contribution is -2.03. The van der Waals surface area contributed by atoms with Gasteiger partial charge in [-0.3, -0.25) is 4.68 Å². The van der Waals surface area contributed by atoms with Crippen LogP contribution in [0.5, 0.6) is 5.75 Å². The van der Waals surface area contributed by atoms with E-state index in [0.717, 1.165) is 74.2 Å². The summed E-state index contributed by atoms with van der Waals surface area (Å²) in [5.41, 5.74) is 2.58. The van der Waals surface area contributed by atoms with Crippen LogP contribution >= 0.6 is 0 Å². The van der Waals surface area contributed by atoms with Crippen LogP contribution in [0.25, 0.3) is 12.2 Å². The summed E-state index contributed by atoms with van der Waals surface area (Å²) in [7, 11) is 0. The third kappa shape index (κ3) is 8.81. The monoisotopic (exact) mass is 540 g/mol. The number of ether oxygens (including phenoxy) is 1. The van der Waals surface area contributed by atoms with E-state index >= 15 is 0 Å². The van der Waals surface area contributed by atoms with Crippen molar-refractivity contribution >= 4 is 12.2 Å². The number of benzene rings is 2. The Bertz CT molecular complexity index is 1330. The Hall–Kier alpha value is -3.92. The van der Waals surface area contributed by atoms with Crippen LogP contribution in [0.4, 0.5) is 13.2 Å². The van der Waals surface area contributed by atoms with Crippen LogP contribution < -0.4 is 4.74 Å². The van der Waals surface area contributed by atoms with Crippen molar-refractivity contribution in [3.8, 4) is 5.75 Å². The molecule has 0 spiro atoms. The van der Waals surface area contributed by atoms with Gasteiger partial charge in [0.05, 0.1) is 11.3 Å². The summed E-state index contributed by atoms with van der Waals surface area (Å²) in [6.45, 7) is 1.22. The van der Waals surface area contributed by atoms with Gasteiger partial charge in [0.25, 0.3) is 0 Å². The molecule has 2 heterocycles. The maximum atomic E-state index is 12.7. The molecule has 0 aliphatic rings. The van der Waals surface area contributed by atoms with Gasteiger partial charge in [-0.15, -0.1) is 5.10 Å². The van der Waals surface area contributed by atoms with Gasteiger partial charge in [-0.1, -0.05) is 35.5 Å². The number of hydrogen-bond acceptors (Lipinski definition) is 6. The van der Waals surface area contributed by atoms with Crippen molar-refractivity contribution in [3.05, 3.63) is 95.0 Å². The molecule has 7 nitrogen and oxygen atoms in total. The van der Waals surface area contributed by atoms with E-state index in [1.807, 2.05) is 35.1 Å². The molecular formula is C29H31F3N4O3. The minimum atomic E-state index is -4.36. The third-order valence-corrected chi connectivity index (χ3v) is 6.08. The average Bonchev–Trinajstić information content (AvgIpc) is 3.58. The van der Waals surface area contributed by atoms with E-state index in [-0.39, 0.29) is 13.2 Å². The Labute approximate surface area is 225 Å². The molecule has 10 heteroatoms. The summed E-state index contributed by atoms with van der Waals surface area (Å²) in [5, 5.41) is 17.3. The lowest BCUT2D eigenvalue weighted by atomic mass is 10.1. The Morgan fingerprint density at radius 3 is 2.51 bits per heavy atom. The number of aliphatic hydroxyl groups excluding tert-OH is 1. The first-order valence-corrected chi connectivity index (χ1v) is 12.9. The van der Waals surface area contributed by atoms with Gasteiger partial charge in [-0.05, 0) is 73.9 Å². The zero-order valence-electron chi connectivity index (χ0n) is 21.5. The van der Waals surface area contributed by atoms with E-state index in [1.54, 1.807) is 12.2 Å². The summed E-state index contributed by atoms with van der Waals surface area (Å²) in [6, 6.07) is 12.8. The van der Waals surface area contributed by atoms with Gasteiger partial charge in [0, 0.05) is 25.4 Å². The fraction of sp³-hybridized carbons (Fsp3) is 0.345. The van der Waals surface area contributed by atoms with Crippen molar-refractivity contribution in [1.29, 1.82) is 0 Å². The zero-order chi connectivity index (χ0) is 27.5. The van der Waals surface area contributed by atoms with E-state index < -0.39 is 11.7 Å². The molecule has 0 fully saturated rings. The van der Waals surface area contributed by atoms with Crippen LogP contribution in [0.3, 0.4) is 0 Å². The first-order valence-electron chi connectivity index (χ1n) is 12.9.